The second-order valence-corrected chi connectivity index (χ2v) is 4.13. The predicted octanol–water partition coefficient (Wildman–Crippen LogP) is 3.09. The Labute approximate surface area is 89.4 Å². The Morgan fingerprint density at radius 1 is 1.47 bits per heavy atom. The third-order valence-corrected chi connectivity index (χ3v) is 3.19. The minimum Gasteiger partial charge on any atom is -0.497 e. The van der Waals surface area contributed by atoms with Gasteiger partial charge in [0.15, 0.2) is 0 Å². The molecule has 1 aliphatic carbocycles. The highest BCUT2D eigenvalue weighted by molar-refractivity contribution is 5.39. The lowest BCUT2D eigenvalue weighted by Crippen LogP contribution is -2.16. The molecule has 2 rings (SSSR count). The van der Waals surface area contributed by atoms with Crippen LogP contribution >= 0.6 is 0 Å². The van der Waals surface area contributed by atoms with Crippen LogP contribution in [0.15, 0.2) is 23.4 Å². The molecule has 0 saturated carbocycles. The molecule has 1 aliphatic rings. The Balaban J connectivity index is 2.45. The summed E-state index contributed by atoms with van der Waals surface area (Å²) in [4.78, 5) is 10.8. The van der Waals surface area contributed by atoms with Crippen LogP contribution in [0.5, 0.6) is 5.75 Å². The first-order chi connectivity index (χ1) is 7.26. The second kappa shape index (κ2) is 4.01. The highest BCUT2D eigenvalue weighted by Crippen LogP contribution is 2.38. The number of methoxy groups -OCH3 is 1. The summed E-state index contributed by atoms with van der Waals surface area (Å²) in [5.74, 6) is 1.14. The van der Waals surface area contributed by atoms with E-state index in [4.69, 9.17) is 4.74 Å². The van der Waals surface area contributed by atoms with Gasteiger partial charge in [-0.05, 0) is 42.0 Å². The van der Waals surface area contributed by atoms with Gasteiger partial charge in [0.05, 0.1) is 7.11 Å². The van der Waals surface area contributed by atoms with Gasteiger partial charge in [-0.2, -0.15) is 4.91 Å². The van der Waals surface area contributed by atoms with E-state index in [1.165, 1.54) is 5.56 Å². The normalized spacial score (nSPS) is 24.4. The smallest absolute Gasteiger partial charge is 0.120 e. The first kappa shape index (κ1) is 10.1. The monoisotopic (exact) mass is 205 g/mol. The Hall–Kier alpha value is -1.38. The third-order valence-electron chi connectivity index (χ3n) is 3.19. The lowest BCUT2D eigenvalue weighted by atomic mass is 9.81. The summed E-state index contributed by atoms with van der Waals surface area (Å²) >= 11 is 0. The first-order valence-electron chi connectivity index (χ1n) is 5.25. The Morgan fingerprint density at radius 3 is 2.93 bits per heavy atom. The van der Waals surface area contributed by atoms with Gasteiger partial charge in [-0.3, -0.25) is 0 Å². The van der Waals surface area contributed by atoms with E-state index in [-0.39, 0.29) is 6.04 Å². The molecule has 0 saturated heterocycles. The lowest BCUT2D eigenvalue weighted by Gasteiger charge is -2.26. The van der Waals surface area contributed by atoms with Crippen LogP contribution in [0.3, 0.4) is 0 Å². The van der Waals surface area contributed by atoms with Crippen LogP contribution in [-0.2, 0) is 6.42 Å². The molecule has 0 radical (unpaired) electrons. The van der Waals surface area contributed by atoms with E-state index >= 15 is 0 Å². The van der Waals surface area contributed by atoms with Crippen LogP contribution in [-0.4, -0.2) is 7.11 Å². The van der Waals surface area contributed by atoms with Crippen LogP contribution in [0.1, 0.15) is 30.5 Å². The van der Waals surface area contributed by atoms with Crippen molar-refractivity contribution in [2.75, 3.05) is 7.11 Å². The predicted molar refractivity (Wildman–Crippen MR) is 59.0 cm³/mol. The van der Waals surface area contributed by atoms with E-state index in [0.717, 1.165) is 24.2 Å². The molecule has 0 bridgehead atoms. The summed E-state index contributed by atoms with van der Waals surface area (Å²) in [5, 5.41) is 3.24. The number of hydrogen-bond acceptors (Lipinski definition) is 3. The number of aryl methyl sites for hydroxylation is 1. The maximum absolute atomic E-state index is 10.8. The summed E-state index contributed by atoms with van der Waals surface area (Å²) < 4.78 is 5.16. The zero-order chi connectivity index (χ0) is 10.8. The number of rotatable bonds is 2. The largest absolute Gasteiger partial charge is 0.497 e. The van der Waals surface area contributed by atoms with E-state index < -0.39 is 0 Å². The third kappa shape index (κ3) is 1.74. The first-order valence-corrected chi connectivity index (χ1v) is 5.25. The Kier molecular flexibility index (Phi) is 2.71. The summed E-state index contributed by atoms with van der Waals surface area (Å²) in [6.07, 6.45) is 2.07. The van der Waals surface area contributed by atoms with E-state index in [9.17, 15) is 4.91 Å². The van der Waals surface area contributed by atoms with Gasteiger partial charge < -0.3 is 4.74 Å². The Morgan fingerprint density at radius 2 is 2.27 bits per heavy atom. The molecule has 0 aliphatic heterocycles. The van der Waals surface area contributed by atoms with Gasteiger partial charge in [0.2, 0.25) is 0 Å². The fourth-order valence-electron chi connectivity index (χ4n) is 2.21. The molecule has 0 aromatic heterocycles. The molecule has 2 atom stereocenters. The van der Waals surface area contributed by atoms with Crippen molar-refractivity contribution in [2.24, 2.45) is 11.1 Å². The molecule has 3 nitrogen and oxygen atoms in total. The van der Waals surface area contributed by atoms with Crippen LogP contribution in [0.4, 0.5) is 0 Å². The van der Waals surface area contributed by atoms with Crippen molar-refractivity contribution < 1.29 is 4.74 Å². The molecule has 80 valence electrons. The van der Waals surface area contributed by atoms with Crippen molar-refractivity contribution >= 4 is 0 Å². The topological polar surface area (TPSA) is 38.7 Å². The zero-order valence-electron chi connectivity index (χ0n) is 9.06. The standard InChI is InChI=1S/C12H15NO2/c1-8-3-4-9-5-6-10(15-2)7-11(9)12(8)13-14/h5-8,12H,3-4H2,1-2H3. The van der Waals surface area contributed by atoms with E-state index in [2.05, 4.69) is 12.1 Å². The molecule has 1 aromatic rings. The van der Waals surface area contributed by atoms with Crippen LogP contribution in [0, 0.1) is 10.8 Å². The summed E-state index contributed by atoms with van der Waals surface area (Å²) in [5.41, 5.74) is 2.28. The average molecular weight is 205 g/mol. The molecule has 1 aromatic carbocycles. The van der Waals surface area contributed by atoms with Crippen LogP contribution in [0.25, 0.3) is 0 Å². The summed E-state index contributed by atoms with van der Waals surface area (Å²) in [7, 11) is 1.64. The minimum atomic E-state index is -0.205. The van der Waals surface area contributed by atoms with Gasteiger partial charge in [0.25, 0.3) is 0 Å². The molecule has 0 N–H and O–H groups in total. The van der Waals surface area contributed by atoms with Gasteiger partial charge in [-0.25, -0.2) is 0 Å². The number of fused-ring (bicyclic) bond motifs is 1. The molecular weight excluding hydrogens is 190 g/mol. The highest BCUT2D eigenvalue weighted by atomic mass is 16.5. The quantitative estimate of drug-likeness (QED) is 0.696. The maximum atomic E-state index is 10.8. The number of nitroso groups, excluding NO2 is 1. The van der Waals surface area contributed by atoms with E-state index in [1.807, 2.05) is 18.2 Å². The van der Waals surface area contributed by atoms with Crippen molar-refractivity contribution in [3.63, 3.8) is 0 Å². The second-order valence-electron chi connectivity index (χ2n) is 4.13. The molecule has 2 unspecified atom stereocenters. The van der Waals surface area contributed by atoms with Gasteiger partial charge >= 0.3 is 0 Å². The van der Waals surface area contributed by atoms with Gasteiger partial charge in [-0.15, -0.1) is 0 Å². The van der Waals surface area contributed by atoms with Crippen molar-refractivity contribution in [1.82, 2.24) is 0 Å². The molecule has 0 amide bonds. The number of ether oxygens (including phenoxy) is 1. The van der Waals surface area contributed by atoms with E-state index in [1.54, 1.807) is 7.11 Å². The van der Waals surface area contributed by atoms with E-state index in [0.29, 0.717) is 5.92 Å². The molecule has 0 fully saturated rings. The summed E-state index contributed by atoms with van der Waals surface area (Å²) in [6.45, 7) is 2.08. The Bertz CT molecular complexity index is 376. The van der Waals surface area contributed by atoms with Crippen molar-refractivity contribution in [1.29, 1.82) is 0 Å². The number of hydrogen-bond donors (Lipinski definition) is 0. The fraction of sp³-hybridized carbons (Fsp3) is 0.500. The summed E-state index contributed by atoms with van der Waals surface area (Å²) in [6, 6.07) is 5.72. The van der Waals surface area contributed by atoms with Crippen LogP contribution < -0.4 is 4.74 Å². The molecule has 15 heavy (non-hydrogen) atoms. The fourth-order valence-corrected chi connectivity index (χ4v) is 2.21. The molecule has 0 spiro atoms. The lowest BCUT2D eigenvalue weighted by molar-refractivity contribution is 0.396. The van der Waals surface area contributed by atoms with Crippen LogP contribution in [0.2, 0.25) is 0 Å². The minimum absolute atomic E-state index is 0.205. The van der Waals surface area contributed by atoms with Crippen molar-refractivity contribution in [2.45, 2.75) is 25.8 Å². The zero-order valence-corrected chi connectivity index (χ0v) is 9.06. The SMILES string of the molecule is COc1ccc2c(c1)C(N=O)C(C)CC2. The van der Waals surface area contributed by atoms with Crippen molar-refractivity contribution in [3.8, 4) is 5.75 Å². The van der Waals surface area contributed by atoms with Gasteiger partial charge in [-0.1, -0.05) is 18.2 Å². The molecular formula is C12H15NO2. The molecule has 0 heterocycles. The maximum Gasteiger partial charge on any atom is 0.120 e. The highest BCUT2D eigenvalue weighted by Gasteiger charge is 2.27. The van der Waals surface area contributed by atoms with Gasteiger partial charge in [0.1, 0.15) is 11.8 Å². The number of benzene rings is 1. The number of nitrogens with zero attached hydrogens (tertiary/aromatic N) is 1. The van der Waals surface area contributed by atoms with Gasteiger partial charge in [0, 0.05) is 0 Å². The average Bonchev–Trinajstić information content (AvgIpc) is 2.28. The van der Waals surface area contributed by atoms with Crippen molar-refractivity contribution in [3.05, 3.63) is 34.2 Å². The molecule has 3 heteroatoms.